The van der Waals surface area contributed by atoms with E-state index in [9.17, 15) is 9.59 Å². The molecular formula is C27H25BrO6. The van der Waals surface area contributed by atoms with Crippen LogP contribution in [-0.2, 0) is 27.5 Å². The Balaban J connectivity index is 1.28. The fourth-order valence-corrected chi connectivity index (χ4v) is 4.13. The van der Waals surface area contributed by atoms with Gasteiger partial charge in [-0.2, -0.15) is 0 Å². The standard InChI is InChI=1S/C27H25BrO6/c1-18(29)19-9-11-24(12-10-19)31-13-5-8-25(30)32-16-21-14-23(28)15-22-17-33-27(34-26(21)22)20-6-3-2-4-7-20/h2-4,6-7,9-12,14-15,27H,5,8,13,16-17H2,1H3. The zero-order valence-corrected chi connectivity index (χ0v) is 20.4. The Hall–Kier alpha value is -3.16. The molecule has 1 aliphatic heterocycles. The normalized spacial score (nSPS) is 14.6. The fraction of sp³-hybridized carbons (Fsp3) is 0.259. The van der Waals surface area contributed by atoms with E-state index in [-0.39, 0.29) is 24.8 Å². The zero-order valence-electron chi connectivity index (χ0n) is 18.8. The van der Waals surface area contributed by atoms with Crippen molar-refractivity contribution in [2.24, 2.45) is 0 Å². The van der Waals surface area contributed by atoms with Crippen LogP contribution in [0.1, 0.15) is 53.1 Å². The van der Waals surface area contributed by atoms with Gasteiger partial charge in [0.25, 0.3) is 0 Å². The van der Waals surface area contributed by atoms with Crippen LogP contribution in [0.25, 0.3) is 0 Å². The molecule has 0 aliphatic carbocycles. The van der Waals surface area contributed by atoms with E-state index < -0.39 is 6.29 Å². The lowest BCUT2D eigenvalue weighted by Crippen LogP contribution is -2.19. The van der Waals surface area contributed by atoms with E-state index >= 15 is 0 Å². The van der Waals surface area contributed by atoms with E-state index in [1.807, 2.05) is 42.5 Å². The van der Waals surface area contributed by atoms with Gasteiger partial charge in [-0.25, -0.2) is 0 Å². The average molecular weight is 525 g/mol. The molecule has 1 unspecified atom stereocenters. The predicted molar refractivity (Wildman–Crippen MR) is 130 cm³/mol. The van der Waals surface area contributed by atoms with Crippen molar-refractivity contribution in [2.75, 3.05) is 6.61 Å². The number of hydrogen-bond acceptors (Lipinski definition) is 6. The van der Waals surface area contributed by atoms with Crippen LogP contribution in [0.15, 0.2) is 71.2 Å². The number of carbonyl (C=O) groups is 2. The highest BCUT2D eigenvalue weighted by atomic mass is 79.9. The molecule has 0 radical (unpaired) electrons. The lowest BCUT2D eigenvalue weighted by molar-refractivity contribution is -0.145. The molecule has 4 rings (SSSR count). The van der Waals surface area contributed by atoms with E-state index in [4.69, 9.17) is 18.9 Å². The van der Waals surface area contributed by atoms with E-state index in [0.717, 1.165) is 21.2 Å². The van der Waals surface area contributed by atoms with Gasteiger partial charge in [0.05, 0.1) is 13.2 Å². The molecule has 3 aromatic rings. The molecule has 1 atom stereocenters. The Morgan fingerprint density at radius 3 is 2.56 bits per heavy atom. The number of rotatable bonds is 9. The van der Waals surface area contributed by atoms with E-state index in [2.05, 4.69) is 15.9 Å². The quantitative estimate of drug-likeness (QED) is 0.189. The molecule has 0 N–H and O–H groups in total. The maximum Gasteiger partial charge on any atom is 0.306 e. The summed E-state index contributed by atoms with van der Waals surface area (Å²) in [6.45, 7) is 2.41. The predicted octanol–water partition coefficient (Wildman–Crippen LogP) is 6.16. The van der Waals surface area contributed by atoms with E-state index in [0.29, 0.717) is 36.7 Å². The third-order valence-electron chi connectivity index (χ3n) is 5.34. The first-order valence-electron chi connectivity index (χ1n) is 11.0. The van der Waals surface area contributed by atoms with Gasteiger partial charge in [-0.15, -0.1) is 0 Å². The first-order chi connectivity index (χ1) is 16.5. The summed E-state index contributed by atoms with van der Waals surface area (Å²) < 4.78 is 24.0. The summed E-state index contributed by atoms with van der Waals surface area (Å²) in [4.78, 5) is 23.6. The van der Waals surface area contributed by atoms with Crippen LogP contribution in [0.5, 0.6) is 11.5 Å². The molecule has 176 valence electrons. The van der Waals surface area contributed by atoms with Crippen LogP contribution < -0.4 is 9.47 Å². The van der Waals surface area contributed by atoms with Gasteiger partial charge >= 0.3 is 5.97 Å². The molecule has 0 saturated carbocycles. The molecule has 34 heavy (non-hydrogen) atoms. The highest BCUT2D eigenvalue weighted by Crippen LogP contribution is 2.38. The first kappa shape index (κ1) is 24.0. The van der Waals surface area contributed by atoms with Crippen LogP contribution in [0, 0.1) is 0 Å². The molecule has 0 saturated heterocycles. The van der Waals surface area contributed by atoms with Crippen molar-refractivity contribution in [3.05, 3.63) is 93.5 Å². The molecule has 0 spiro atoms. The largest absolute Gasteiger partial charge is 0.494 e. The van der Waals surface area contributed by atoms with Gasteiger partial charge in [0.1, 0.15) is 18.1 Å². The van der Waals surface area contributed by atoms with Crippen LogP contribution >= 0.6 is 15.9 Å². The number of Topliss-reactive ketones (excluding diaryl/α,β-unsaturated/α-hetero) is 1. The summed E-state index contributed by atoms with van der Waals surface area (Å²) in [5.41, 5.74) is 3.24. The minimum Gasteiger partial charge on any atom is -0.494 e. The smallest absolute Gasteiger partial charge is 0.306 e. The molecule has 0 fully saturated rings. The van der Waals surface area contributed by atoms with Crippen molar-refractivity contribution < 1.29 is 28.5 Å². The molecule has 6 nitrogen and oxygen atoms in total. The minimum absolute atomic E-state index is 0.00881. The van der Waals surface area contributed by atoms with E-state index in [1.54, 1.807) is 24.3 Å². The first-order valence-corrected chi connectivity index (χ1v) is 11.8. The van der Waals surface area contributed by atoms with Gasteiger partial charge in [0, 0.05) is 33.1 Å². The zero-order chi connectivity index (χ0) is 23.9. The number of ether oxygens (including phenoxy) is 4. The maximum absolute atomic E-state index is 12.3. The van der Waals surface area contributed by atoms with Crippen molar-refractivity contribution in [1.29, 1.82) is 0 Å². The van der Waals surface area contributed by atoms with Gasteiger partial charge in [0.15, 0.2) is 5.78 Å². The Morgan fingerprint density at radius 1 is 1.06 bits per heavy atom. The fourth-order valence-electron chi connectivity index (χ4n) is 3.58. The summed E-state index contributed by atoms with van der Waals surface area (Å²) in [6.07, 6.45) is 0.244. The SMILES string of the molecule is CC(=O)c1ccc(OCCCC(=O)OCc2cc(Br)cc3c2OC(c2ccccc2)OC3)cc1. The number of benzene rings is 3. The lowest BCUT2D eigenvalue weighted by atomic mass is 10.1. The Kier molecular flexibility index (Phi) is 7.98. The van der Waals surface area contributed by atoms with Crippen LogP contribution in [0.4, 0.5) is 0 Å². The number of halogens is 1. The van der Waals surface area contributed by atoms with Gasteiger partial charge in [-0.3, -0.25) is 9.59 Å². The third kappa shape index (κ3) is 6.24. The van der Waals surface area contributed by atoms with Crippen LogP contribution in [-0.4, -0.2) is 18.4 Å². The van der Waals surface area contributed by atoms with Gasteiger partial charge in [0.2, 0.25) is 6.29 Å². The monoisotopic (exact) mass is 524 g/mol. The molecule has 0 bridgehead atoms. The number of hydrogen-bond donors (Lipinski definition) is 0. The number of carbonyl (C=O) groups excluding carboxylic acids is 2. The molecule has 7 heteroatoms. The molecule has 0 amide bonds. The number of ketones is 1. The summed E-state index contributed by atoms with van der Waals surface area (Å²) >= 11 is 3.51. The van der Waals surface area contributed by atoms with Crippen LogP contribution in [0.2, 0.25) is 0 Å². The summed E-state index contributed by atoms with van der Waals surface area (Å²) in [5.74, 6) is 1.05. The second-order valence-electron chi connectivity index (χ2n) is 7.92. The minimum atomic E-state index is -0.508. The highest BCUT2D eigenvalue weighted by molar-refractivity contribution is 9.10. The maximum atomic E-state index is 12.3. The number of fused-ring (bicyclic) bond motifs is 1. The Labute approximate surface area is 206 Å². The second-order valence-corrected chi connectivity index (χ2v) is 8.83. The van der Waals surface area contributed by atoms with Gasteiger partial charge in [-0.1, -0.05) is 46.3 Å². The molecule has 1 aliphatic rings. The van der Waals surface area contributed by atoms with Gasteiger partial charge < -0.3 is 18.9 Å². The molecule has 3 aromatic carbocycles. The van der Waals surface area contributed by atoms with Gasteiger partial charge in [-0.05, 0) is 49.7 Å². The highest BCUT2D eigenvalue weighted by Gasteiger charge is 2.25. The summed E-state index contributed by atoms with van der Waals surface area (Å²) in [5, 5.41) is 0. The Bertz CT molecular complexity index is 1140. The third-order valence-corrected chi connectivity index (χ3v) is 5.80. The second kappa shape index (κ2) is 11.3. The van der Waals surface area contributed by atoms with Crippen molar-refractivity contribution in [1.82, 2.24) is 0 Å². The summed E-state index contributed by atoms with van der Waals surface area (Å²) in [7, 11) is 0. The molecule has 0 aromatic heterocycles. The van der Waals surface area contributed by atoms with Crippen molar-refractivity contribution in [3.63, 3.8) is 0 Å². The van der Waals surface area contributed by atoms with Crippen LogP contribution in [0.3, 0.4) is 0 Å². The topological polar surface area (TPSA) is 71.1 Å². The average Bonchev–Trinajstić information content (AvgIpc) is 2.85. The molecular weight excluding hydrogens is 500 g/mol. The van der Waals surface area contributed by atoms with Crippen molar-refractivity contribution in [2.45, 2.75) is 39.3 Å². The van der Waals surface area contributed by atoms with Crippen molar-refractivity contribution >= 4 is 27.7 Å². The van der Waals surface area contributed by atoms with E-state index in [1.165, 1.54) is 6.92 Å². The lowest BCUT2D eigenvalue weighted by Gasteiger charge is -2.28. The Morgan fingerprint density at radius 2 is 1.82 bits per heavy atom. The van der Waals surface area contributed by atoms with Crippen molar-refractivity contribution in [3.8, 4) is 11.5 Å². The summed E-state index contributed by atoms with van der Waals surface area (Å²) in [6, 6.07) is 20.5. The number of esters is 1. The molecule has 1 heterocycles.